The lowest BCUT2D eigenvalue weighted by Crippen LogP contribution is -2.28. The predicted molar refractivity (Wildman–Crippen MR) is 58.9 cm³/mol. The van der Waals surface area contributed by atoms with Crippen molar-refractivity contribution < 1.29 is 4.79 Å². The van der Waals surface area contributed by atoms with Gasteiger partial charge in [-0.2, -0.15) is 0 Å². The average molecular weight is 212 g/mol. The van der Waals surface area contributed by atoms with Crippen LogP contribution in [-0.4, -0.2) is 12.3 Å². The van der Waals surface area contributed by atoms with E-state index in [1.807, 2.05) is 24.3 Å². The molecule has 0 aliphatic heterocycles. The molecule has 14 heavy (non-hydrogen) atoms. The van der Waals surface area contributed by atoms with Crippen molar-refractivity contribution in [3.8, 4) is 0 Å². The first-order chi connectivity index (χ1) is 6.33. The minimum Gasteiger partial charge on any atom is -0.330 e. The molecule has 1 aromatic rings. The summed E-state index contributed by atoms with van der Waals surface area (Å²) >= 11 is 0. The highest BCUT2D eigenvalue weighted by Crippen LogP contribution is 2.24. The minimum absolute atomic E-state index is 0. The van der Waals surface area contributed by atoms with Crippen LogP contribution in [0.25, 0.3) is 0 Å². The van der Waals surface area contributed by atoms with Crippen LogP contribution in [-0.2, 0) is 6.42 Å². The smallest absolute Gasteiger partial charge is 0.167 e. The number of benzene rings is 1. The van der Waals surface area contributed by atoms with Gasteiger partial charge in [0, 0.05) is 18.0 Å². The van der Waals surface area contributed by atoms with E-state index in [4.69, 9.17) is 5.73 Å². The first-order valence-corrected chi connectivity index (χ1v) is 4.65. The summed E-state index contributed by atoms with van der Waals surface area (Å²) in [5.41, 5.74) is 7.59. The van der Waals surface area contributed by atoms with E-state index in [0.29, 0.717) is 6.54 Å². The third kappa shape index (κ3) is 1.81. The summed E-state index contributed by atoms with van der Waals surface area (Å²) in [6, 6.07) is 7.82. The zero-order valence-corrected chi connectivity index (χ0v) is 8.72. The minimum atomic E-state index is 0. The van der Waals surface area contributed by atoms with Crippen LogP contribution in [0.3, 0.4) is 0 Å². The van der Waals surface area contributed by atoms with E-state index >= 15 is 0 Å². The summed E-state index contributed by atoms with van der Waals surface area (Å²) in [5.74, 6) is 0.277. The number of rotatable bonds is 1. The fourth-order valence-electron chi connectivity index (χ4n) is 1.88. The van der Waals surface area contributed by atoms with Crippen molar-refractivity contribution in [3.63, 3.8) is 0 Å². The number of Topliss-reactive ketones (excluding diaryl/α,β-unsaturated/α-hetero) is 1. The summed E-state index contributed by atoms with van der Waals surface area (Å²) in [7, 11) is 0. The van der Waals surface area contributed by atoms with Crippen molar-refractivity contribution in [3.05, 3.63) is 35.4 Å². The number of hydrogen-bond acceptors (Lipinski definition) is 2. The summed E-state index contributed by atoms with van der Waals surface area (Å²) in [6.45, 7) is 0.479. The molecular weight excluding hydrogens is 198 g/mol. The molecule has 0 spiro atoms. The van der Waals surface area contributed by atoms with Gasteiger partial charge in [-0.05, 0) is 18.4 Å². The maximum absolute atomic E-state index is 11.8. The standard InChI is InChI=1S/C11H13NO.ClH/c12-7-9-6-5-8-3-1-2-4-10(8)11(9)13;/h1-4,9H,5-7,12H2;1H. The number of fused-ring (bicyclic) bond motifs is 1. The lowest BCUT2D eigenvalue weighted by atomic mass is 9.83. The van der Waals surface area contributed by atoms with Crippen LogP contribution in [0.2, 0.25) is 0 Å². The number of aryl methyl sites for hydroxylation is 1. The Balaban J connectivity index is 0.000000980. The van der Waals surface area contributed by atoms with E-state index < -0.39 is 0 Å². The van der Waals surface area contributed by atoms with Gasteiger partial charge in [0.1, 0.15) is 0 Å². The Hall–Kier alpha value is -0.860. The Morgan fingerprint density at radius 1 is 1.36 bits per heavy atom. The molecule has 76 valence electrons. The fourth-order valence-corrected chi connectivity index (χ4v) is 1.88. The number of hydrogen-bond donors (Lipinski definition) is 1. The van der Waals surface area contributed by atoms with Gasteiger partial charge in [0.2, 0.25) is 0 Å². The van der Waals surface area contributed by atoms with Crippen LogP contribution in [0.5, 0.6) is 0 Å². The molecule has 2 N–H and O–H groups in total. The second-order valence-electron chi connectivity index (χ2n) is 3.49. The molecule has 0 bridgehead atoms. The van der Waals surface area contributed by atoms with Gasteiger partial charge < -0.3 is 5.73 Å². The molecule has 1 aliphatic rings. The van der Waals surface area contributed by atoms with Gasteiger partial charge in [0.05, 0.1) is 0 Å². The van der Waals surface area contributed by atoms with E-state index in [9.17, 15) is 4.79 Å². The fraction of sp³-hybridized carbons (Fsp3) is 0.364. The third-order valence-corrected chi connectivity index (χ3v) is 2.70. The lowest BCUT2D eigenvalue weighted by Gasteiger charge is -2.21. The molecule has 1 aliphatic carbocycles. The number of halogens is 1. The average Bonchev–Trinajstić information content (AvgIpc) is 2.19. The Labute approximate surface area is 89.9 Å². The van der Waals surface area contributed by atoms with Crippen molar-refractivity contribution >= 4 is 18.2 Å². The maximum Gasteiger partial charge on any atom is 0.167 e. The molecule has 0 fully saturated rings. The Morgan fingerprint density at radius 2 is 2.07 bits per heavy atom. The summed E-state index contributed by atoms with van der Waals surface area (Å²) in [4.78, 5) is 11.8. The number of carbonyl (C=O) groups is 1. The zero-order valence-electron chi connectivity index (χ0n) is 7.90. The van der Waals surface area contributed by atoms with Crippen molar-refractivity contribution in [2.75, 3.05) is 6.54 Å². The molecule has 1 aromatic carbocycles. The largest absolute Gasteiger partial charge is 0.330 e. The highest BCUT2D eigenvalue weighted by atomic mass is 35.5. The maximum atomic E-state index is 11.8. The second kappa shape index (κ2) is 4.58. The van der Waals surface area contributed by atoms with Crippen molar-refractivity contribution in [1.82, 2.24) is 0 Å². The highest BCUT2D eigenvalue weighted by Gasteiger charge is 2.25. The molecule has 0 saturated carbocycles. The van der Waals surface area contributed by atoms with Gasteiger partial charge >= 0.3 is 0 Å². The second-order valence-corrected chi connectivity index (χ2v) is 3.49. The third-order valence-electron chi connectivity index (χ3n) is 2.70. The number of carbonyl (C=O) groups excluding carboxylic acids is 1. The van der Waals surface area contributed by atoms with Gasteiger partial charge in [-0.15, -0.1) is 12.4 Å². The van der Waals surface area contributed by atoms with E-state index in [2.05, 4.69) is 0 Å². The Kier molecular flexibility index (Phi) is 3.67. The van der Waals surface area contributed by atoms with Gasteiger partial charge in [-0.3, -0.25) is 4.79 Å². The van der Waals surface area contributed by atoms with Crippen LogP contribution in [0, 0.1) is 5.92 Å². The number of nitrogens with two attached hydrogens (primary N) is 1. The molecule has 1 unspecified atom stereocenters. The molecule has 0 radical (unpaired) electrons. The van der Waals surface area contributed by atoms with Crippen molar-refractivity contribution in [1.29, 1.82) is 0 Å². The summed E-state index contributed by atoms with van der Waals surface area (Å²) < 4.78 is 0. The van der Waals surface area contributed by atoms with Crippen molar-refractivity contribution in [2.45, 2.75) is 12.8 Å². The summed E-state index contributed by atoms with van der Waals surface area (Å²) in [5, 5.41) is 0. The molecule has 0 saturated heterocycles. The van der Waals surface area contributed by atoms with Crippen LogP contribution in [0.1, 0.15) is 22.3 Å². The van der Waals surface area contributed by atoms with Crippen LogP contribution in [0.15, 0.2) is 24.3 Å². The van der Waals surface area contributed by atoms with Crippen molar-refractivity contribution in [2.24, 2.45) is 11.7 Å². The molecular formula is C11H14ClNO. The zero-order chi connectivity index (χ0) is 9.26. The molecule has 2 nitrogen and oxygen atoms in total. The lowest BCUT2D eigenvalue weighted by molar-refractivity contribution is 0.0907. The highest BCUT2D eigenvalue weighted by molar-refractivity contribution is 6.00. The first kappa shape index (κ1) is 11.2. The van der Waals surface area contributed by atoms with Crippen LogP contribution in [0.4, 0.5) is 0 Å². The van der Waals surface area contributed by atoms with E-state index in [1.54, 1.807) is 0 Å². The van der Waals surface area contributed by atoms with E-state index in [1.165, 1.54) is 5.56 Å². The molecule has 0 aromatic heterocycles. The van der Waals surface area contributed by atoms with Crippen LogP contribution < -0.4 is 5.73 Å². The van der Waals surface area contributed by atoms with Gasteiger partial charge in [-0.1, -0.05) is 24.3 Å². The number of ketones is 1. The van der Waals surface area contributed by atoms with Gasteiger partial charge in [-0.25, -0.2) is 0 Å². The molecule has 2 rings (SSSR count). The normalized spacial score (nSPS) is 19.8. The SMILES string of the molecule is Cl.NCC1CCc2ccccc2C1=O. The van der Waals surface area contributed by atoms with Crippen LogP contribution >= 0.6 is 12.4 Å². The van der Waals surface area contributed by atoms with Gasteiger partial charge in [0.25, 0.3) is 0 Å². The molecule has 0 heterocycles. The van der Waals surface area contributed by atoms with E-state index in [-0.39, 0.29) is 24.1 Å². The Bertz CT molecular complexity index is 338. The topological polar surface area (TPSA) is 43.1 Å². The molecule has 0 amide bonds. The molecule has 1 atom stereocenters. The monoisotopic (exact) mass is 211 g/mol. The van der Waals surface area contributed by atoms with E-state index in [0.717, 1.165) is 18.4 Å². The first-order valence-electron chi connectivity index (χ1n) is 4.65. The Morgan fingerprint density at radius 3 is 2.79 bits per heavy atom. The molecule has 3 heteroatoms. The summed E-state index contributed by atoms with van der Waals surface area (Å²) in [6.07, 6.45) is 1.90. The van der Waals surface area contributed by atoms with Gasteiger partial charge in [0.15, 0.2) is 5.78 Å². The quantitative estimate of drug-likeness (QED) is 0.770. The predicted octanol–water partition coefficient (Wildman–Crippen LogP) is 1.81.